The quantitative estimate of drug-likeness (QED) is 0.854. The van der Waals surface area contributed by atoms with Gasteiger partial charge in [0.25, 0.3) is 0 Å². The fourth-order valence-electron chi connectivity index (χ4n) is 2.78. The van der Waals surface area contributed by atoms with Crippen LogP contribution in [0.15, 0.2) is 12.1 Å². The molecule has 1 heterocycles. The van der Waals surface area contributed by atoms with Crippen LogP contribution in [-0.2, 0) is 6.18 Å². The van der Waals surface area contributed by atoms with E-state index in [1.807, 2.05) is 0 Å². The van der Waals surface area contributed by atoms with Crippen molar-refractivity contribution in [2.24, 2.45) is 0 Å². The SMILES string of the molecule is OCCN(c1cc(C(F)(F)F)cc(Cl)n1)C1CCCCC1. The van der Waals surface area contributed by atoms with Gasteiger partial charge in [0.05, 0.1) is 12.2 Å². The third-order valence-corrected chi connectivity index (χ3v) is 3.95. The average Bonchev–Trinajstić information content (AvgIpc) is 2.44. The number of aliphatic hydroxyl groups is 1. The molecule has 1 fully saturated rings. The molecule has 0 radical (unpaired) electrons. The van der Waals surface area contributed by atoms with Gasteiger partial charge in [0, 0.05) is 12.6 Å². The zero-order valence-corrected chi connectivity index (χ0v) is 12.3. The Balaban J connectivity index is 2.32. The van der Waals surface area contributed by atoms with Crippen LogP contribution < -0.4 is 4.90 Å². The number of pyridine rings is 1. The molecule has 1 aliphatic carbocycles. The zero-order chi connectivity index (χ0) is 15.5. The molecule has 2 rings (SSSR count). The van der Waals surface area contributed by atoms with E-state index in [4.69, 9.17) is 11.6 Å². The lowest BCUT2D eigenvalue weighted by molar-refractivity contribution is -0.137. The number of halogens is 4. The van der Waals surface area contributed by atoms with Gasteiger partial charge in [-0.1, -0.05) is 30.9 Å². The Bertz CT molecular complexity index is 476. The molecule has 0 saturated heterocycles. The fraction of sp³-hybridized carbons (Fsp3) is 0.643. The number of hydrogen-bond donors (Lipinski definition) is 1. The Kier molecular flexibility index (Phi) is 5.32. The standard InChI is InChI=1S/C14H18ClF3N2O/c15-12-8-10(14(16,17)18)9-13(19-12)20(6-7-21)11-4-2-1-3-5-11/h8-9,11,21H,1-7H2. The number of hydrogen-bond acceptors (Lipinski definition) is 3. The van der Waals surface area contributed by atoms with Crippen molar-refractivity contribution in [3.63, 3.8) is 0 Å². The summed E-state index contributed by atoms with van der Waals surface area (Å²) in [5.41, 5.74) is -0.809. The van der Waals surface area contributed by atoms with Gasteiger partial charge in [0.2, 0.25) is 0 Å². The maximum atomic E-state index is 12.9. The van der Waals surface area contributed by atoms with Crippen LogP contribution in [0.25, 0.3) is 0 Å². The van der Waals surface area contributed by atoms with Gasteiger partial charge in [-0.3, -0.25) is 0 Å². The molecule has 0 aliphatic heterocycles. The van der Waals surface area contributed by atoms with Crippen LogP contribution in [0.4, 0.5) is 19.0 Å². The summed E-state index contributed by atoms with van der Waals surface area (Å²) in [4.78, 5) is 5.77. The number of aromatic nitrogens is 1. The van der Waals surface area contributed by atoms with E-state index in [-0.39, 0.29) is 30.2 Å². The van der Waals surface area contributed by atoms with Crippen molar-refractivity contribution in [3.8, 4) is 0 Å². The van der Waals surface area contributed by atoms with Gasteiger partial charge in [0.15, 0.2) is 0 Å². The Hall–Kier alpha value is -1.01. The summed E-state index contributed by atoms with van der Waals surface area (Å²) in [6.07, 6.45) is 0.558. The molecule has 0 atom stereocenters. The lowest BCUT2D eigenvalue weighted by Crippen LogP contribution is -2.39. The molecule has 0 bridgehead atoms. The number of nitrogens with zero attached hydrogens (tertiary/aromatic N) is 2. The highest BCUT2D eigenvalue weighted by atomic mass is 35.5. The van der Waals surface area contributed by atoms with E-state index >= 15 is 0 Å². The highest BCUT2D eigenvalue weighted by molar-refractivity contribution is 6.29. The molecule has 0 spiro atoms. The Morgan fingerprint density at radius 3 is 2.48 bits per heavy atom. The van der Waals surface area contributed by atoms with Crippen LogP contribution >= 0.6 is 11.6 Å². The number of alkyl halides is 3. The van der Waals surface area contributed by atoms with Crippen LogP contribution in [0.1, 0.15) is 37.7 Å². The van der Waals surface area contributed by atoms with Crippen molar-refractivity contribution >= 4 is 17.4 Å². The molecule has 1 aliphatic rings. The monoisotopic (exact) mass is 322 g/mol. The second-order valence-electron chi connectivity index (χ2n) is 5.24. The van der Waals surface area contributed by atoms with Gasteiger partial charge in [-0.2, -0.15) is 13.2 Å². The first kappa shape index (κ1) is 16.4. The molecule has 1 aromatic rings. The van der Waals surface area contributed by atoms with E-state index in [1.54, 1.807) is 4.90 Å². The van der Waals surface area contributed by atoms with Crippen molar-refractivity contribution in [2.75, 3.05) is 18.1 Å². The highest BCUT2D eigenvalue weighted by Crippen LogP contribution is 2.34. The molecule has 0 amide bonds. The second kappa shape index (κ2) is 6.83. The lowest BCUT2D eigenvalue weighted by Gasteiger charge is -2.35. The van der Waals surface area contributed by atoms with Crippen molar-refractivity contribution in [2.45, 2.75) is 44.3 Å². The normalized spacial score (nSPS) is 17.0. The largest absolute Gasteiger partial charge is 0.416 e. The van der Waals surface area contributed by atoms with E-state index in [2.05, 4.69) is 4.98 Å². The Labute approximate surface area is 126 Å². The summed E-state index contributed by atoms with van der Waals surface area (Å²) in [5.74, 6) is 0.191. The maximum absolute atomic E-state index is 12.9. The summed E-state index contributed by atoms with van der Waals surface area (Å²) < 4.78 is 38.7. The third-order valence-electron chi connectivity index (χ3n) is 3.76. The Morgan fingerprint density at radius 2 is 1.90 bits per heavy atom. The fourth-order valence-corrected chi connectivity index (χ4v) is 2.98. The van der Waals surface area contributed by atoms with Crippen LogP contribution in [0.2, 0.25) is 5.15 Å². The predicted molar refractivity (Wildman–Crippen MR) is 75.6 cm³/mol. The van der Waals surface area contributed by atoms with E-state index in [0.29, 0.717) is 0 Å². The van der Waals surface area contributed by atoms with Gasteiger partial charge in [0.1, 0.15) is 11.0 Å². The number of anilines is 1. The zero-order valence-electron chi connectivity index (χ0n) is 11.5. The summed E-state index contributed by atoms with van der Waals surface area (Å²) >= 11 is 5.74. The molecule has 1 saturated carbocycles. The molecule has 1 aromatic heterocycles. The van der Waals surface area contributed by atoms with E-state index in [0.717, 1.165) is 44.2 Å². The third kappa shape index (κ3) is 4.23. The first-order valence-corrected chi connectivity index (χ1v) is 7.42. The number of aliphatic hydroxyl groups excluding tert-OH is 1. The van der Waals surface area contributed by atoms with Gasteiger partial charge in [-0.15, -0.1) is 0 Å². The molecule has 0 unspecified atom stereocenters. The first-order valence-electron chi connectivity index (χ1n) is 7.04. The smallest absolute Gasteiger partial charge is 0.395 e. The van der Waals surface area contributed by atoms with Gasteiger partial charge in [-0.05, 0) is 25.0 Å². The van der Waals surface area contributed by atoms with E-state index in [9.17, 15) is 18.3 Å². The van der Waals surface area contributed by atoms with Crippen molar-refractivity contribution in [1.29, 1.82) is 0 Å². The summed E-state index contributed by atoms with van der Waals surface area (Å²) in [7, 11) is 0. The minimum absolute atomic E-state index is 0.109. The molecule has 1 N–H and O–H groups in total. The van der Waals surface area contributed by atoms with Crippen LogP contribution in [-0.4, -0.2) is 29.3 Å². The van der Waals surface area contributed by atoms with Crippen LogP contribution in [0.3, 0.4) is 0 Å². The molecule has 3 nitrogen and oxygen atoms in total. The van der Waals surface area contributed by atoms with Crippen molar-refractivity contribution in [3.05, 3.63) is 22.8 Å². The molecule has 21 heavy (non-hydrogen) atoms. The number of rotatable bonds is 4. The van der Waals surface area contributed by atoms with Gasteiger partial charge < -0.3 is 10.0 Å². The molecular weight excluding hydrogens is 305 g/mol. The summed E-state index contributed by atoms with van der Waals surface area (Å²) in [6.45, 7) is 0.126. The van der Waals surface area contributed by atoms with Gasteiger partial charge in [-0.25, -0.2) is 4.98 Å². The second-order valence-corrected chi connectivity index (χ2v) is 5.63. The van der Waals surface area contributed by atoms with E-state index < -0.39 is 11.7 Å². The Morgan fingerprint density at radius 1 is 1.24 bits per heavy atom. The molecule has 118 valence electrons. The topological polar surface area (TPSA) is 36.4 Å². The minimum Gasteiger partial charge on any atom is -0.395 e. The minimum atomic E-state index is -4.46. The maximum Gasteiger partial charge on any atom is 0.416 e. The highest BCUT2D eigenvalue weighted by Gasteiger charge is 2.33. The van der Waals surface area contributed by atoms with Crippen LogP contribution in [0, 0.1) is 0 Å². The lowest BCUT2D eigenvalue weighted by atomic mass is 9.94. The van der Waals surface area contributed by atoms with Crippen molar-refractivity contribution < 1.29 is 18.3 Å². The average molecular weight is 323 g/mol. The first-order chi connectivity index (χ1) is 9.91. The summed E-state index contributed by atoms with van der Waals surface area (Å²) in [5, 5.41) is 9.02. The van der Waals surface area contributed by atoms with Crippen LogP contribution in [0.5, 0.6) is 0 Å². The van der Waals surface area contributed by atoms with E-state index in [1.165, 1.54) is 0 Å². The summed E-state index contributed by atoms with van der Waals surface area (Å²) in [6, 6.07) is 1.94. The predicted octanol–water partition coefficient (Wildman–Crippen LogP) is 3.89. The molecular formula is C14H18ClF3N2O. The molecule has 7 heteroatoms. The van der Waals surface area contributed by atoms with Gasteiger partial charge >= 0.3 is 6.18 Å². The molecule has 0 aromatic carbocycles. The van der Waals surface area contributed by atoms with Crippen molar-refractivity contribution in [1.82, 2.24) is 4.98 Å².